The van der Waals surface area contributed by atoms with Crippen molar-refractivity contribution in [3.05, 3.63) is 131 Å². The first-order valence-corrected chi connectivity index (χ1v) is 12.6. The van der Waals surface area contributed by atoms with E-state index in [-0.39, 0.29) is 17.6 Å². The van der Waals surface area contributed by atoms with Crippen molar-refractivity contribution in [1.82, 2.24) is 9.78 Å². The Morgan fingerprint density at radius 1 is 0.732 bits per heavy atom. The Hall–Kier alpha value is -5.94. The zero-order valence-corrected chi connectivity index (χ0v) is 22.0. The fourth-order valence-corrected chi connectivity index (χ4v) is 4.14. The lowest BCUT2D eigenvalue weighted by molar-refractivity contribution is 0.101. The summed E-state index contributed by atoms with van der Waals surface area (Å²) in [5, 5.41) is 10.2. The molecule has 0 saturated carbocycles. The molecule has 41 heavy (non-hydrogen) atoms. The first kappa shape index (κ1) is 26.7. The molecule has 0 unspecified atom stereocenters. The van der Waals surface area contributed by atoms with Gasteiger partial charge in [-0.05, 0) is 60.7 Å². The summed E-state index contributed by atoms with van der Waals surface area (Å²) in [6, 6.07) is 30.9. The van der Waals surface area contributed by atoms with Gasteiger partial charge in [-0.25, -0.2) is 0 Å². The molecule has 0 aliphatic rings. The van der Waals surface area contributed by atoms with Crippen molar-refractivity contribution in [2.75, 3.05) is 10.6 Å². The van der Waals surface area contributed by atoms with Crippen molar-refractivity contribution >= 4 is 29.1 Å². The van der Waals surface area contributed by atoms with E-state index in [4.69, 9.17) is 11.2 Å². The van der Waals surface area contributed by atoms with Gasteiger partial charge >= 0.3 is 0 Å². The maximum Gasteiger partial charge on any atom is 0.256 e. The summed E-state index contributed by atoms with van der Waals surface area (Å²) in [6.07, 6.45) is 7.21. The Morgan fingerprint density at radius 3 is 2.10 bits per heavy atom. The summed E-state index contributed by atoms with van der Waals surface area (Å²) in [7, 11) is 1.75. The number of hydrogen-bond donors (Lipinski definition) is 2. The summed E-state index contributed by atoms with van der Waals surface area (Å²) in [5.74, 6) is 0.204. The number of nitrogens with one attached hydrogen (secondary N) is 2. The first-order valence-electron chi connectivity index (χ1n) is 12.6. The number of hydrogen-bond acceptors (Lipinski definition) is 5. The minimum Gasteiger partial charge on any atom is -0.408 e. The van der Waals surface area contributed by atoms with E-state index in [0.29, 0.717) is 45.2 Å². The van der Waals surface area contributed by atoms with E-state index in [9.17, 15) is 14.4 Å². The summed E-state index contributed by atoms with van der Waals surface area (Å²) in [6.45, 7) is 0. The van der Waals surface area contributed by atoms with Crippen LogP contribution >= 0.6 is 0 Å². The molecule has 0 spiro atoms. The van der Waals surface area contributed by atoms with E-state index in [1.807, 2.05) is 18.2 Å². The minimum absolute atomic E-state index is 0.225. The zero-order valence-electron chi connectivity index (χ0n) is 22.0. The topological polar surface area (TPSA) is 102 Å². The number of carbonyl (C=O) groups is 3. The number of amides is 2. The third-order valence-electron chi connectivity index (χ3n) is 6.28. The van der Waals surface area contributed by atoms with Crippen molar-refractivity contribution in [1.29, 1.82) is 0 Å². The zero-order chi connectivity index (χ0) is 28.8. The van der Waals surface area contributed by atoms with Crippen LogP contribution in [0.5, 0.6) is 5.75 Å². The molecule has 4 aromatic carbocycles. The maximum absolute atomic E-state index is 13.0. The molecule has 0 saturated heterocycles. The highest BCUT2D eigenvalue weighted by atomic mass is 16.5. The second kappa shape index (κ2) is 11.8. The number of carbonyl (C=O) groups excluding carboxylic acids is 3. The minimum atomic E-state index is -0.353. The lowest BCUT2D eigenvalue weighted by atomic mass is 10.0. The van der Waals surface area contributed by atoms with Crippen LogP contribution in [0.3, 0.4) is 0 Å². The molecule has 0 radical (unpaired) electrons. The maximum atomic E-state index is 13.0. The van der Waals surface area contributed by atoms with Gasteiger partial charge in [-0.15, -0.1) is 0 Å². The molecule has 0 aliphatic heterocycles. The van der Waals surface area contributed by atoms with Crippen LogP contribution in [-0.4, -0.2) is 27.4 Å². The van der Waals surface area contributed by atoms with Gasteiger partial charge in [-0.1, -0.05) is 48.9 Å². The molecule has 8 nitrogen and oxygen atoms in total. The highest BCUT2D eigenvalue weighted by Crippen LogP contribution is 2.24. The van der Waals surface area contributed by atoms with Crippen LogP contribution in [0.2, 0.25) is 0 Å². The van der Waals surface area contributed by atoms with E-state index in [0.717, 1.165) is 5.56 Å². The molecule has 1 aromatic heterocycles. The first-order chi connectivity index (χ1) is 19.9. The van der Waals surface area contributed by atoms with Gasteiger partial charge in [0.25, 0.3) is 11.8 Å². The molecule has 0 bridgehead atoms. The number of benzene rings is 4. The summed E-state index contributed by atoms with van der Waals surface area (Å²) in [4.78, 5) is 38.4. The van der Waals surface area contributed by atoms with E-state index >= 15 is 0 Å². The number of terminal acetylenes is 1. The van der Waals surface area contributed by atoms with Crippen molar-refractivity contribution in [3.63, 3.8) is 0 Å². The molecule has 2 amide bonds. The summed E-state index contributed by atoms with van der Waals surface area (Å²) in [5.41, 5.74) is 3.77. The average molecular weight is 541 g/mol. The van der Waals surface area contributed by atoms with E-state index in [1.165, 1.54) is 0 Å². The Bertz CT molecular complexity index is 1770. The van der Waals surface area contributed by atoms with Crippen LogP contribution in [0.15, 0.2) is 109 Å². The number of anilines is 2. The van der Waals surface area contributed by atoms with Crippen LogP contribution in [0.4, 0.5) is 11.5 Å². The van der Waals surface area contributed by atoms with Gasteiger partial charge in [0.2, 0.25) is 0 Å². The van der Waals surface area contributed by atoms with E-state index < -0.39 is 0 Å². The van der Waals surface area contributed by atoms with Crippen LogP contribution in [0, 0.1) is 12.5 Å². The van der Waals surface area contributed by atoms with Gasteiger partial charge in [0.1, 0.15) is 17.7 Å². The lowest BCUT2D eigenvalue weighted by Gasteiger charge is -2.08. The number of aryl methyl sites for hydroxylation is 1. The standard InChI is InChI=1S/C33H24N4O4/c1-3-41-28-18-14-23(15-19-28)31(38)25-10-7-11-26(20-25)33(40)34-27-16-12-22(13-17-27)29-21-30(37(2)36-29)35-32(39)24-8-5-4-6-9-24/h1,4-21H,2H3,(H,34,40)(H,35,39). The predicted octanol–water partition coefficient (Wildman–Crippen LogP) is 5.79. The molecule has 0 atom stereocenters. The highest BCUT2D eigenvalue weighted by Gasteiger charge is 2.14. The fraction of sp³-hybridized carbons (Fsp3) is 0.0303. The molecule has 0 fully saturated rings. The Balaban J connectivity index is 1.25. The van der Waals surface area contributed by atoms with Gasteiger partial charge in [-0.2, -0.15) is 5.10 Å². The highest BCUT2D eigenvalue weighted by molar-refractivity contribution is 6.11. The van der Waals surface area contributed by atoms with E-state index in [2.05, 4.69) is 21.8 Å². The Morgan fingerprint density at radius 2 is 1.39 bits per heavy atom. The molecule has 200 valence electrons. The van der Waals surface area contributed by atoms with Crippen LogP contribution in [0.1, 0.15) is 36.6 Å². The molecular weight excluding hydrogens is 516 g/mol. The van der Waals surface area contributed by atoms with Gasteiger partial charge < -0.3 is 15.4 Å². The van der Waals surface area contributed by atoms with Gasteiger partial charge in [0, 0.05) is 46.6 Å². The molecule has 2 N–H and O–H groups in total. The van der Waals surface area contributed by atoms with Gasteiger partial charge in [0.15, 0.2) is 5.78 Å². The smallest absolute Gasteiger partial charge is 0.256 e. The monoisotopic (exact) mass is 540 g/mol. The van der Waals surface area contributed by atoms with Gasteiger partial charge in [0.05, 0.1) is 5.69 Å². The normalized spacial score (nSPS) is 10.3. The number of ketones is 1. The molecule has 5 rings (SSSR count). The van der Waals surface area contributed by atoms with Crippen molar-refractivity contribution in [2.45, 2.75) is 0 Å². The number of rotatable bonds is 8. The van der Waals surface area contributed by atoms with Crippen LogP contribution < -0.4 is 15.4 Å². The third kappa shape index (κ3) is 6.21. The molecule has 0 aliphatic carbocycles. The van der Waals surface area contributed by atoms with Gasteiger partial charge in [-0.3, -0.25) is 19.1 Å². The van der Waals surface area contributed by atoms with Crippen LogP contribution in [-0.2, 0) is 7.05 Å². The van der Waals surface area contributed by atoms with Crippen molar-refractivity contribution in [2.24, 2.45) is 7.05 Å². The second-order valence-electron chi connectivity index (χ2n) is 9.04. The SMILES string of the molecule is C#COc1ccc(C(=O)c2cccc(C(=O)Nc3ccc(-c4cc(NC(=O)c5ccccc5)n(C)n4)cc3)c2)cc1. The number of nitrogens with zero attached hydrogens (tertiary/aromatic N) is 2. The Kier molecular flexibility index (Phi) is 7.70. The largest absolute Gasteiger partial charge is 0.408 e. The number of ether oxygens (including phenoxy) is 1. The fourth-order valence-electron chi connectivity index (χ4n) is 4.14. The second-order valence-corrected chi connectivity index (χ2v) is 9.04. The Labute approximate surface area is 236 Å². The third-order valence-corrected chi connectivity index (χ3v) is 6.28. The average Bonchev–Trinajstić information content (AvgIpc) is 3.37. The molecular formula is C33H24N4O4. The molecule has 8 heteroatoms. The lowest BCUT2D eigenvalue weighted by Crippen LogP contribution is -2.14. The number of aromatic nitrogens is 2. The quantitative estimate of drug-likeness (QED) is 0.192. The summed E-state index contributed by atoms with van der Waals surface area (Å²) < 4.78 is 6.56. The molecule has 1 heterocycles. The van der Waals surface area contributed by atoms with Crippen LogP contribution in [0.25, 0.3) is 11.3 Å². The van der Waals surface area contributed by atoms with Crippen molar-refractivity contribution < 1.29 is 19.1 Å². The molecule has 5 aromatic rings. The predicted molar refractivity (Wildman–Crippen MR) is 157 cm³/mol. The van der Waals surface area contributed by atoms with Crippen molar-refractivity contribution in [3.8, 4) is 29.5 Å². The summed E-state index contributed by atoms with van der Waals surface area (Å²) >= 11 is 0. The van der Waals surface area contributed by atoms with E-state index in [1.54, 1.807) is 103 Å².